The fourth-order valence-electron chi connectivity index (χ4n) is 1.94. The molecule has 0 aliphatic carbocycles. The molecule has 1 atom stereocenters. The van der Waals surface area contributed by atoms with Crippen molar-refractivity contribution in [1.82, 2.24) is 15.2 Å². The van der Waals surface area contributed by atoms with E-state index in [9.17, 15) is 4.79 Å². The van der Waals surface area contributed by atoms with Gasteiger partial charge in [0.2, 0.25) is 5.91 Å². The number of amides is 1. The number of hydrogen-bond donors (Lipinski definition) is 2. The van der Waals surface area contributed by atoms with Crippen LogP contribution in [0.2, 0.25) is 0 Å². The topological polar surface area (TPSA) is 57.3 Å². The molecule has 2 N–H and O–H groups in total. The molecule has 0 saturated carbocycles. The van der Waals surface area contributed by atoms with E-state index in [1.54, 1.807) is 13.2 Å². The molecule has 1 unspecified atom stereocenters. The third-order valence-corrected chi connectivity index (χ3v) is 2.85. The van der Waals surface area contributed by atoms with E-state index in [1.165, 1.54) is 0 Å². The van der Waals surface area contributed by atoms with Crippen molar-refractivity contribution in [2.75, 3.05) is 33.0 Å². The molecule has 0 aromatic carbocycles. The van der Waals surface area contributed by atoms with Gasteiger partial charge in [0.15, 0.2) is 0 Å². The van der Waals surface area contributed by atoms with Crippen LogP contribution in [0.3, 0.4) is 0 Å². The van der Waals surface area contributed by atoms with E-state index in [1.807, 2.05) is 33.2 Å². The Morgan fingerprint density at radius 3 is 2.83 bits per heavy atom. The van der Waals surface area contributed by atoms with E-state index in [-0.39, 0.29) is 11.8 Å². The first-order valence-electron chi connectivity index (χ1n) is 6.10. The van der Waals surface area contributed by atoms with Crippen LogP contribution in [0.15, 0.2) is 18.3 Å². The number of carbonyl (C=O) groups is 1. The Hall–Kier alpha value is -1.62. The van der Waals surface area contributed by atoms with E-state index in [0.717, 1.165) is 24.5 Å². The van der Waals surface area contributed by atoms with Crippen LogP contribution >= 0.6 is 0 Å². The van der Waals surface area contributed by atoms with Gasteiger partial charge in [0.1, 0.15) is 5.82 Å². The van der Waals surface area contributed by atoms with Crippen LogP contribution in [-0.4, -0.2) is 43.5 Å². The van der Waals surface area contributed by atoms with Crippen LogP contribution in [0.4, 0.5) is 5.82 Å². The highest BCUT2D eigenvalue weighted by Gasteiger charge is 2.14. The normalized spacial score (nSPS) is 12.3. The lowest BCUT2D eigenvalue weighted by Crippen LogP contribution is -2.34. The summed E-state index contributed by atoms with van der Waals surface area (Å²) in [6.07, 6.45) is 1.77. The van der Waals surface area contributed by atoms with Gasteiger partial charge in [-0.25, -0.2) is 4.98 Å². The lowest BCUT2D eigenvalue weighted by Gasteiger charge is -2.21. The number of hydrogen-bond acceptors (Lipinski definition) is 4. The number of carbonyl (C=O) groups excluding carboxylic acids is 1. The molecule has 100 valence electrons. The quantitative estimate of drug-likeness (QED) is 0.789. The molecule has 1 aromatic heterocycles. The van der Waals surface area contributed by atoms with E-state index in [4.69, 9.17) is 0 Å². The Bertz CT molecular complexity index is 394. The fraction of sp³-hybridized carbons (Fsp3) is 0.538. The highest BCUT2D eigenvalue weighted by atomic mass is 16.1. The molecule has 0 aliphatic rings. The zero-order valence-corrected chi connectivity index (χ0v) is 11.5. The van der Waals surface area contributed by atoms with Gasteiger partial charge in [0.25, 0.3) is 0 Å². The van der Waals surface area contributed by atoms with E-state index >= 15 is 0 Å². The zero-order chi connectivity index (χ0) is 13.5. The SMILES string of the molecule is CNC(=O)C(C)CN(C)Cc1cccnc1NC. The second-order valence-corrected chi connectivity index (χ2v) is 4.47. The summed E-state index contributed by atoms with van der Waals surface area (Å²) in [7, 11) is 5.53. The van der Waals surface area contributed by atoms with Crippen LogP contribution in [0.1, 0.15) is 12.5 Å². The molecule has 5 nitrogen and oxygen atoms in total. The maximum atomic E-state index is 11.5. The summed E-state index contributed by atoms with van der Waals surface area (Å²) in [5, 5.41) is 5.74. The van der Waals surface area contributed by atoms with Crippen molar-refractivity contribution >= 4 is 11.7 Å². The Balaban J connectivity index is 2.59. The van der Waals surface area contributed by atoms with Crippen LogP contribution in [0.5, 0.6) is 0 Å². The largest absolute Gasteiger partial charge is 0.373 e. The molecule has 1 rings (SSSR count). The predicted molar refractivity (Wildman–Crippen MR) is 73.3 cm³/mol. The Kier molecular flexibility index (Phi) is 5.58. The van der Waals surface area contributed by atoms with Crippen LogP contribution in [0.25, 0.3) is 0 Å². The summed E-state index contributed by atoms with van der Waals surface area (Å²) in [5.74, 6) is 0.938. The molecule has 1 amide bonds. The number of nitrogens with zero attached hydrogens (tertiary/aromatic N) is 2. The molecule has 1 heterocycles. The third-order valence-electron chi connectivity index (χ3n) is 2.85. The molecular formula is C13H22N4O. The van der Waals surface area contributed by atoms with Crippen molar-refractivity contribution in [3.05, 3.63) is 23.9 Å². The van der Waals surface area contributed by atoms with Gasteiger partial charge in [-0.05, 0) is 13.1 Å². The van der Waals surface area contributed by atoms with Gasteiger partial charge in [-0.1, -0.05) is 13.0 Å². The standard InChI is InChI=1S/C13H22N4O/c1-10(13(18)15-3)8-17(4)9-11-6-5-7-16-12(11)14-2/h5-7,10H,8-9H2,1-4H3,(H,14,16)(H,15,18). The second kappa shape index (κ2) is 6.96. The fourth-order valence-corrected chi connectivity index (χ4v) is 1.94. The smallest absolute Gasteiger partial charge is 0.223 e. The molecule has 0 saturated heterocycles. The van der Waals surface area contributed by atoms with Crippen molar-refractivity contribution in [3.8, 4) is 0 Å². The summed E-state index contributed by atoms with van der Waals surface area (Å²) in [6, 6.07) is 3.96. The third kappa shape index (κ3) is 4.00. The van der Waals surface area contributed by atoms with Crippen molar-refractivity contribution in [2.24, 2.45) is 5.92 Å². The molecule has 0 radical (unpaired) electrons. The van der Waals surface area contributed by atoms with Gasteiger partial charge < -0.3 is 15.5 Å². The summed E-state index contributed by atoms with van der Waals surface area (Å²) < 4.78 is 0. The number of nitrogens with one attached hydrogen (secondary N) is 2. The average molecular weight is 250 g/mol. The molecule has 1 aromatic rings. The maximum Gasteiger partial charge on any atom is 0.223 e. The molecule has 0 fully saturated rings. The highest BCUT2D eigenvalue weighted by Crippen LogP contribution is 2.13. The van der Waals surface area contributed by atoms with Gasteiger partial charge >= 0.3 is 0 Å². The summed E-state index contributed by atoms with van der Waals surface area (Å²) in [5.41, 5.74) is 1.13. The Morgan fingerprint density at radius 2 is 2.22 bits per heavy atom. The van der Waals surface area contributed by atoms with Crippen LogP contribution in [-0.2, 0) is 11.3 Å². The van der Waals surface area contributed by atoms with Crippen molar-refractivity contribution in [2.45, 2.75) is 13.5 Å². The second-order valence-electron chi connectivity index (χ2n) is 4.47. The van der Waals surface area contributed by atoms with E-state index in [2.05, 4.69) is 20.5 Å². The van der Waals surface area contributed by atoms with E-state index < -0.39 is 0 Å². The number of pyridine rings is 1. The summed E-state index contributed by atoms with van der Waals surface area (Å²) in [4.78, 5) is 17.8. The van der Waals surface area contributed by atoms with Gasteiger partial charge in [0, 0.05) is 44.9 Å². The molecule has 0 bridgehead atoms. The lowest BCUT2D eigenvalue weighted by atomic mass is 10.1. The monoisotopic (exact) mass is 250 g/mol. The molecule has 0 spiro atoms. The van der Waals surface area contributed by atoms with Crippen LogP contribution in [0, 0.1) is 5.92 Å². The van der Waals surface area contributed by atoms with Gasteiger partial charge in [-0.15, -0.1) is 0 Å². The van der Waals surface area contributed by atoms with Crippen molar-refractivity contribution in [3.63, 3.8) is 0 Å². The molecule has 0 aliphatic heterocycles. The minimum Gasteiger partial charge on any atom is -0.373 e. The maximum absolute atomic E-state index is 11.5. The number of anilines is 1. The minimum absolute atomic E-state index is 0.0188. The zero-order valence-electron chi connectivity index (χ0n) is 11.5. The Morgan fingerprint density at radius 1 is 1.50 bits per heavy atom. The van der Waals surface area contributed by atoms with Crippen molar-refractivity contribution in [1.29, 1.82) is 0 Å². The lowest BCUT2D eigenvalue weighted by molar-refractivity contribution is -0.124. The van der Waals surface area contributed by atoms with Crippen molar-refractivity contribution < 1.29 is 4.79 Å². The predicted octanol–water partition coefficient (Wildman–Crippen LogP) is 0.937. The van der Waals surface area contributed by atoms with Gasteiger partial charge in [-0.3, -0.25) is 4.79 Å². The molecular weight excluding hydrogens is 228 g/mol. The number of aromatic nitrogens is 1. The molecule has 18 heavy (non-hydrogen) atoms. The minimum atomic E-state index is -0.0188. The highest BCUT2D eigenvalue weighted by molar-refractivity contribution is 5.78. The van der Waals surface area contributed by atoms with Crippen LogP contribution < -0.4 is 10.6 Å². The Labute approximate surface area is 109 Å². The average Bonchev–Trinajstić information content (AvgIpc) is 2.38. The number of rotatable bonds is 6. The summed E-state index contributed by atoms with van der Waals surface area (Å²) in [6.45, 7) is 3.42. The van der Waals surface area contributed by atoms with Gasteiger partial charge in [0.05, 0.1) is 0 Å². The first-order chi connectivity index (χ1) is 8.58. The van der Waals surface area contributed by atoms with Gasteiger partial charge in [-0.2, -0.15) is 0 Å². The first kappa shape index (κ1) is 14.4. The van der Waals surface area contributed by atoms with E-state index in [0.29, 0.717) is 0 Å². The first-order valence-corrected chi connectivity index (χ1v) is 6.10. The summed E-state index contributed by atoms with van der Waals surface area (Å²) >= 11 is 0. The molecule has 5 heteroatoms.